The first-order valence-corrected chi connectivity index (χ1v) is 9.32. The first-order valence-electron chi connectivity index (χ1n) is 6.79. The van der Waals surface area contributed by atoms with Gasteiger partial charge >= 0.3 is 5.97 Å². The van der Waals surface area contributed by atoms with Gasteiger partial charge in [-0.05, 0) is 25.0 Å². The number of aromatic nitrogens is 2. The van der Waals surface area contributed by atoms with E-state index >= 15 is 0 Å². The van der Waals surface area contributed by atoms with Crippen LogP contribution in [0, 0.1) is 0 Å². The van der Waals surface area contributed by atoms with Gasteiger partial charge in [-0.3, -0.25) is 9.48 Å². The number of sulfonamides is 1. The molecule has 118 valence electrons. The molecule has 2 unspecified atom stereocenters. The molecule has 9 heteroatoms. The Morgan fingerprint density at radius 2 is 2.33 bits per heavy atom. The molecule has 2 N–H and O–H groups in total. The first kappa shape index (κ1) is 16.3. The van der Waals surface area contributed by atoms with E-state index in [1.54, 1.807) is 0 Å². The molecule has 1 aliphatic carbocycles. The van der Waals surface area contributed by atoms with Gasteiger partial charge in [-0.2, -0.15) is 16.9 Å². The summed E-state index contributed by atoms with van der Waals surface area (Å²) in [7, 11) is -3.63. The molecule has 0 bridgehead atoms. The highest BCUT2D eigenvalue weighted by Crippen LogP contribution is 2.30. The molecule has 0 saturated heterocycles. The minimum absolute atomic E-state index is 0.00958. The number of hydrogen-bond acceptors (Lipinski definition) is 5. The third kappa shape index (κ3) is 4.45. The van der Waals surface area contributed by atoms with Gasteiger partial charge in [-0.15, -0.1) is 0 Å². The van der Waals surface area contributed by atoms with Gasteiger partial charge in [-0.25, -0.2) is 13.1 Å². The van der Waals surface area contributed by atoms with Crippen molar-refractivity contribution in [2.24, 2.45) is 0 Å². The van der Waals surface area contributed by atoms with Crippen LogP contribution in [0.1, 0.15) is 26.2 Å². The second-order valence-electron chi connectivity index (χ2n) is 4.98. The Balaban J connectivity index is 1.99. The molecule has 21 heavy (non-hydrogen) atoms. The number of carboxylic acids is 1. The van der Waals surface area contributed by atoms with Crippen molar-refractivity contribution in [3.05, 3.63) is 12.4 Å². The molecule has 0 aliphatic heterocycles. The lowest BCUT2D eigenvalue weighted by Crippen LogP contribution is -2.33. The summed E-state index contributed by atoms with van der Waals surface area (Å²) in [5.41, 5.74) is 0. The van der Waals surface area contributed by atoms with Crippen molar-refractivity contribution in [1.82, 2.24) is 14.5 Å². The fraction of sp³-hybridized carbons (Fsp3) is 0.667. The standard InChI is InChI=1S/C12H19N3O4S2/c1-2-20-10-4-3-9(5-10)14-21(18,19)11-6-13-15(7-11)8-12(16)17/h6-7,9-10,14H,2-5,8H2,1H3,(H,16,17). The Morgan fingerprint density at radius 3 is 3.00 bits per heavy atom. The fourth-order valence-electron chi connectivity index (χ4n) is 2.43. The zero-order valence-electron chi connectivity index (χ0n) is 11.7. The zero-order chi connectivity index (χ0) is 15.5. The molecule has 0 amide bonds. The van der Waals surface area contributed by atoms with Crippen LogP contribution in [0.25, 0.3) is 0 Å². The van der Waals surface area contributed by atoms with Crippen LogP contribution < -0.4 is 4.72 Å². The van der Waals surface area contributed by atoms with Crippen LogP contribution >= 0.6 is 11.8 Å². The number of aliphatic carboxylic acids is 1. The smallest absolute Gasteiger partial charge is 0.325 e. The number of carboxylic acid groups (broad SMARTS) is 1. The number of carbonyl (C=O) groups is 1. The van der Waals surface area contributed by atoms with Crippen molar-refractivity contribution >= 4 is 27.8 Å². The molecule has 7 nitrogen and oxygen atoms in total. The van der Waals surface area contributed by atoms with E-state index in [0.29, 0.717) is 5.25 Å². The van der Waals surface area contributed by atoms with E-state index in [2.05, 4.69) is 16.7 Å². The lowest BCUT2D eigenvalue weighted by molar-refractivity contribution is -0.137. The molecular weight excluding hydrogens is 314 g/mol. The number of thioether (sulfide) groups is 1. The average Bonchev–Trinajstić information content (AvgIpc) is 2.98. The summed E-state index contributed by atoms with van der Waals surface area (Å²) >= 11 is 1.86. The fourth-order valence-corrected chi connectivity index (χ4v) is 4.81. The number of hydrogen-bond donors (Lipinski definition) is 2. The molecule has 1 saturated carbocycles. The highest BCUT2D eigenvalue weighted by atomic mass is 32.2. The second kappa shape index (κ2) is 6.80. The highest BCUT2D eigenvalue weighted by Gasteiger charge is 2.29. The zero-order valence-corrected chi connectivity index (χ0v) is 13.4. The number of nitrogens with zero attached hydrogens (tertiary/aromatic N) is 2. The maximum absolute atomic E-state index is 12.2. The van der Waals surface area contributed by atoms with E-state index in [-0.39, 0.29) is 17.5 Å². The minimum atomic E-state index is -3.63. The highest BCUT2D eigenvalue weighted by molar-refractivity contribution is 7.99. The molecule has 1 aromatic rings. The summed E-state index contributed by atoms with van der Waals surface area (Å²) in [6, 6.07) is -0.0538. The largest absolute Gasteiger partial charge is 0.480 e. The number of rotatable bonds is 7. The van der Waals surface area contributed by atoms with Crippen LogP contribution in [0.3, 0.4) is 0 Å². The van der Waals surface area contributed by atoms with Gasteiger partial charge in [0.1, 0.15) is 11.4 Å². The van der Waals surface area contributed by atoms with Crippen LogP contribution in [0.4, 0.5) is 0 Å². The molecule has 1 fully saturated rings. The Labute approximate surface area is 128 Å². The molecule has 1 aromatic heterocycles. The predicted molar refractivity (Wildman–Crippen MR) is 79.7 cm³/mol. The van der Waals surface area contributed by atoms with E-state index in [1.165, 1.54) is 12.4 Å². The molecule has 1 aliphatic rings. The lowest BCUT2D eigenvalue weighted by Gasteiger charge is -2.12. The molecule has 2 atom stereocenters. The van der Waals surface area contributed by atoms with Crippen molar-refractivity contribution in [2.45, 2.75) is 48.9 Å². The van der Waals surface area contributed by atoms with E-state index in [9.17, 15) is 13.2 Å². The van der Waals surface area contributed by atoms with E-state index in [0.717, 1.165) is 29.7 Å². The van der Waals surface area contributed by atoms with Crippen LogP contribution in [-0.4, -0.2) is 46.3 Å². The van der Waals surface area contributed by atoms with E-state index in [4.69, 9.17) is 5.11 Å². The monoisotopic (exact) mass is 333 g/mol. The molecule has 2 rings (SSSR count). The summed E-state index contributed by atoms with van der Waals surface area (Å²) in [5, 5.41) is 12.9. The van der Waals surface area contributed by atoms with Gasteiger partial charge in [-0.1, -0.05) is 6.92 Å². The second-order valence-corrected chi connectivity index (χ2v) is 8.27. The van der Waals surface area contributed by atoms with E-state index < -0.39 is 16.0 Å². The van der Waals surface area contributed by atoms with Crippen molar-refractivity contribution in [2.75, 3.05) is 5.75 Å². The van der Waals surface area contributed by atoms with Gasteiger partial charge in [0, 0.05) is 17.5 Å². The maximum atomic E-state index is 12.2. The minimum Gasteiger partial charge on any atom is -0.480 e. The van der Waals surface area contributed by atoms with Gasteiger partial charge in [0.15, 0.2) is 0 Å². The van der Waals surface area contributed by atoms with Gasteiger partial charge in [0.25, 0.3) is 0 Å². The topological polar surface area (TPSA) is 101 Å². The maximum Gasteiger partial charge on any atom is 0.325 e. The summed E-state index contributed by atoms with van der Waals surface area (Å²) in [6.07, 6.45) is 5.10. The third-order valence-electron chi connectivity index (χ3n) is 3.33. The van der Waals surface area contributed by atoms with Gasteiger partial charge in [0.2, 0.25) is 10.0 Å². The molecular formula is C12H19N3O4S2. The summed E-state index contributed by atoms with van der Waals surface area (Å²) in [4.78, 5) is 10.6. The molecule has 0 spiro atoms. The Morgan fingerprint density at radius 1 is 1.57 bits per heavy atom. The van der Waals surface area contributed by atoms with Crippen LogP contribution in [0.15, 0.2) is 17.3 Å². The van der Waals surface area contributed by atoms with Crippen LogP contribution in [0.2, 0.25) is 0 Å². The molecule has 0 radical (unpaired) electrons. The van der Waals surface area contributed by atoms with Crippen molar-refractivity contribution in [3.8, 4) is 0 Å². The average molecular weight is 333 g/mol. The van der Waals surface area contributed by atoms with Crippen molar-refractivity contribution in [3.63, 3.8) is 0 Å². The van der Waals surface area contributed by atoms with Crippen molar-refractivity contribution < 1.29 is 18.3 Å². The third-order valence-corrected chi connectivity index (χ3v) is 6.03. The molecule has 0 aromatic carbocycles. The number of nitrogens with one attached hydrogen (secondary N) is 1. The first-order chi connectivity index (χ1) is 9.90. The quantitative estimate of drug-likeness (QED) is 0.769. The van der Waals surface area contributed by atoms with Gasteiger partial charge in [0.05, 0.1) is 6.20 Å². The van der Waals surface area contributed by atoms with E-state index in [1.807, 2.05) is 11.8 Å². The van der Waals surface area contributed by atoms with Crippen LogP contribution in [-0.2, 0) is 21.4 Å². The Bertz CT molecular complexity index is 599. The summed E-state index contributed by atoms with van der Waals surface area (Å²) < 4.78 is 28.2. The molecule has 1 heterocycles. The SMILES string of the molecule is CCSC1CCC(NS(=O)(=O)c2cnn(CC(=O)O)c2)C1. The van der Waals surface area contributed by atoms with Gasteiger partial charge < -0.3 is 5.11 Å². The lowest BCUT2D eigenvalue weighted by atomic mass is 10.3. The Kier molecular flexibility index (Phi) is 5.28. The summed E-state index contributed by atoms with van der Waals surface area (Å²) in [5.74, 6) is -0.0308. The van der Waals surface area contributed by atoms with Crippen LogP contribution in [0.5, 0.6) is 0 Å². The summed E-state index contributed by atoms with van der Waals surface area (Å²) in [6.45, 7) is 1.74. The predicted octanol–water partition coefficient (Wildman–Crippen LogP) is 0.920. The normalized spacial score (nSPS) is 22.5. The van der Waals surface area contributed by atoms with Crippen molar-refractivity contribution in [1.29, 1.82) is 0 Å². The Hall–Kier alpha value is -1.06.